The van der Waals surface area contributed by atoms with Crippen molar-refractivity contribution in [2.24, 2.45) is 0 Å². The topological polar surface area (TPSA) is 29.1 Å². The first kappa shape index (κ1) is 16.8. The summed E-state index contributed by atoms with van der Waals surface area (Å²) in [5, 5.41) is 2.48. The maximum Gasteiger partial charge on any atom is 0.416 e. The minimum absolute atomic E-state index is 0.249. The predicted octanol–water partition coefficient (Wildman–Crippen LogP) is 3.72. The summed E-state index contributed by atoms with van der Waals surface area (Å²) in [6.07, 6.45) is -4.60. The summed E-state index contributed by atoms with van der Waals surface area (Å²) in [5.41, 5.74) is -1.63. The molecule has 2 nitrogen and oxygen atoms in total. The van der Waals surface area contributed by atoms with E-state index >= 15 is 0 Å². The minimum Gasteiger partial charge on any atom is -0.349 e. The number of nitrogens with one attached hydrogen (secondary N) is 1. The molecular weight excluding hydrogens is 294 g/mol. The van der Waals surface area contributed by atoms with Gasteiger partial charge < -0.3 is 5.32 Å². The Hall–Kier alpha value is -1.24. The highest BCUT2D eigenvalue weighted by atomic mass is 32.2. The summed E-state index contributed by atoms with van der Waals surface area (Å²) in [7, 11) is 0. The van der Waals surface area contributed by atoms with Crippen LogP contribution in [-0.4, -0.2) is 23.5 Å². The molecule has 0 aliphatic heterocycles. The third-order valence-electron chi connectivity index (χ3n) is 2.49. The van der Waals surface area contributed by atoms with Gasteiger partial charge in [-0.15, -0.1) is 0 Å². The molecule has 1 amide bonds. The number of carbonyl (C=O) groups excluding carboxylic acids is 1. The van der Waals surface area contributed by atoms with Crippen molar-refractivity contribution in [3.05, 3.63) is 35.1 Å². The highest BCUT2D eigenvalue weighted by Gasteiger charge is 2.32. The first-order chi connectivity index (χ1) is 9.25. The molecule has 0 saturated heterocycles. The van der Waals surface area contributed by atoms with Crippen LogP contribution in [0, 0.1) is 5.82 Å². The van der Waals surface area contributed by atoms with Gasteiger partial charge in [0, 0.05) is 11.8 Å². The fraction of sp³-hybridized carbons (Fsp3) is 0.462. The lowest BCUT2D eigenvalue weighted by atomic mass is 10.1. The Morgan fingerprint density at radius 1 is 1.40 bits per heavy atom. The van der Waals surface area contributed by atoms with Gasteiger partial charge in [-0.1, -0.05) is 6.92 Å². The number of carbonyl (C=O) groups is 1. The van der Waals surface area contributed by atoms with E-state index in [-0.39, 0.29) is 6.04 Å². The van der Waals surface area contributed by atoms with Gasteiger partial charge in [0.15, 0.2) is 0 Å². The molecule has 0 radical (unpaired) electrons. The van der Waals surface area contributed by atoms with Crippen LogP contribution in [0.3, 0.4) is 0 Å². The highest BCUT2D eigenvalue weighted by molar-refractivity contribution is 7.99. The van der Waals surface area contributed by atoms with Crippen molar-refractivity contribution < 1.29 is 22.4 Å². The van der Waals surface area contributed by atoms with Crippen molar-refractivity contribution >= 4 is 17.7 Å². The molecule has 1 atom stereocenters. The van der Waals surface area contributed by atoms with Crippen LogP contribution in [-0.2, 0) is 6.18 Å². The molecule has 0 aromatic heterocycles. The van der Waals surface area contributed by atoms with Crippen molar-refractivity contribution in [2.75, 3.05) is 11.5 Å². The van der Waals surface area contributed by atoms with Crippen LogP contribution in [0.15, 0.2) is 18.2 Å². The van der Waals surface area contributed by atoms with E-state index in [0.717, 1.165) is 5.75 Å². The summed E-state index contributed by atoms with van der Waals surface area (Å²) in [6.45, 7) is 3.66. The van der Waals surface area contributed by atoms with Gasteiger partial charge in [0.25, 0.3) is 5.91 Å². The van der Waals surface area contributed by atoms with Crippen LogP contribution in [0.1, 0.15) is 29.8 Å². The molecule has 1 unspecified atom stereocenters. The SMILES string of the molecule is CCSCC(C)NC(=O)c1cc(C(F)(F)F)ccc1F. The van der Waals surface area contributed by atoms with E-state index in [2.05, 4.69) is 5.32 Å². The maximum atomic E-state index is 13.5. The molecule has 7 heteroatoms. The zero-order chi connectivity index (χ0) is 15.3. The Kier molecular flexibility index (Phi) is 5.86. The second-order valence-electron chi connectivity index (χ2n) is 4.23. The average Bonchev–Trinajstić information content (AvgIpc) is 2.35. The van der Waals surface area contributed by atoms with E-state index in [1.54, 1.807) is 18.7 Å². The molecule has 1 N–H and O–H groups in total. The van der Waals surface area contributed by atoms with Gasteiger partial charge in [-0.2, -0.15) is 24.9 Å². The predicted molar refractivity (Wildman–Crippen MR) is 71.3 cm³/mol. The van der Waals surface area contributed by atoms with Gasteiger partial charge in [-0.05, 0) is 30.9 Å². The fourth-order valence-electron chi connectivity index (χ4n) is 1.51. The van der Waals surface area contributed by atoms with Crippen molar-refractivity contribution in [1.82, 2.24) is 5.32 Å². The Morgan fingerprint density at radius 3 is 2.60 bits per heavy atom. The molecule has 0 heterocycles. The van der Waals surface area contributed by atoms with E-state index < -0.39 is 29.0 Å². The molecule has 0 fully saturated rings. The summed E-state index contributed by atoms with van der Waals surface area (Å²) in [6, 6.07) is 1.55. The molecule has 0 spiro atoms. The zero-order valence-corrected chi connectivity index (χ0v) is 11.9. The first-order valence-corrected chi connectivity index (χ1v) is 7.16. The largest absolute Gasteiger partial charge is 0.416 e. The van der Waals surface area contributed by atoms with Crippen molar-refractivity contribution in [2.45, 2.75) is 26.1 Å². The number of halogens is 4. The summed E-state index contributed by atoms with van der Waals surface area (Å²) in [4.78, 5) is 11.8. The van der Waals surface area contributed by atoms with E-state index in [0.29, 0.717) is 24.0 Å². The van der Waals surface area contributed by atoms with E-state index in [9.17, 15) is 22.4 Å². The normalized spacial score (nSPS) is 13.1. The van der Waals surface area contributed by atoms with Crippen LogP contribution in [0.25, 0.3) is 0 Å². The quantitative estimate of drug-likeness (QED) is 0.840. The molecule has 20 heavy (non-hydrogen) atoms. The lowest BCUT2D eigenvalue weighted by Crippen LogP contribution is -2.35. The molecule has 1 aromatic rings. The van der Waals surface area contributed by atoms with Gasteiger partial charge in [0.05, 0.1) is 11.1 Å². The monoisotopic (exact) mass is 309 g/mol. The van der Waals surface area contributed by atoms with Crippen molar-refractivity contribution in [3.63, 3.8) is 0 Å². The van der Waals surface area contributed by atoms with Gasteiger partial charge >= 0.3 is 6.18 Å². The third-order valence-corrected chi connectivity index (χ3v) is 3.63. The van der Waals surface area contributed by atoms with E-state index in [1.165, 1.54) is 0 Å². The second kappa shape index (κ2) is 6.97. The Labute approximate surface area is 118 Å². The summed E-state index contributed by atoms with van der Waals surface area (Å²) >= 11 is 1.58. The molecule has 0 aliphatic rings. The number of hydrogen-bond donors (Lipinski definition) is 1. The molecule has 1 rings (SSSR count). The van der Waals surface area contributed by atoms with Gasteiger partial charge in [-0.25, -0.2) is 4.39 Å². The minimum atomic E-state index is -4.60. The van der Waals surface area contributed by atoms with E-state index in [1.807, 2.05) is 6.92 Å². The van der Waals surface area contributed by atoms with Crippen LogP contribution in [0.5, 0.6) is 0 Å². The fourth-order valence-corrected chi connectivity index (χ4v) is 2.19. The Balaban J connectivity index is 2.87. The summed E-state index contributed by atoms with van der Waals surface area (Å²) < 4.78 is 51.1. The first-order valence-electron chi connectivity index (χ1n) is 6.01. The molecule has 0 bridgehead atoms. The zero-order valence-electron chi connectivity index (χ0n) is 11.1. The Bertz CT molecular complexity index is 476. The number of alkyl halides is 3. The van der Waals surface area contributed by atoms with Gasteiger partial charge in [0.1, 0.15) is 5.82 Å². The van der Waals surface area contributed by atoms with Gasteiger partial charge in [-0.3, -0.25) is 4.79 Å². The Morgan fingerprint density at radius 2 is 2.05 bits per heavy atom. The van der Waals surface area contributed by atoms with Crippen LogP contribution >= 0.6 is 11.8 Å². The highest BCUT2D eigenvalue weighted by Crippen LogP contribution is 2.30. The van der Waals surface area contributed by atoms with Crippen LogP contribution < -0.4 is 5.32 Å². The smallest absolute Gasteiger partial charge is 0.349 e. The molecular formula is C13H15F4NOS. The number of amides is 1. The molecule has 0 saturated carbocycles. The van der Waals surface area contributed by atoms with E-state index in [4.69, 9.17) is 0 Å². The molecule has 1 aromatic carbocycles. The lowest BCUT2D eigenvalue weighted by molar-refractivity contribution is -0.137. The third kappa shape index (κ3) is 4.70. The number of thioether (sulfide) groups is 1. The lowest BCUT2D eigenvalue weighted by Gasteiger charge is -2.14. The summed E-state index contributed by atoms with van der Waals surface area (Å²) in [5.74, 6) is -0.329. The van der Waals surface area contributed by atoms with Gasteiger partial charge in [0.2, 0.25) is 0 Å². The van der Waals surface area contributed by atoms with Crippen LogP contribution in [0.2, 0.25) is 0 Å². The molecule has 112 valence electrons. The van der Waals surface area contributed by atoms with Crippen LogP contribution in [0.4, 0.5) is 17.6 Å². The molecule has 0 aliphatic carbocycles. The van der Waals surface area contributed by atoms with Crippen molar-refractivity contribution in [1.29, 1.82) is 0 Å². The standard InChI is InChI=1S/C13H15F4NOS/c1-3-20-7-8(2)18-12(19)10-6-9(13(15,16)17)4-5-11(10)14/h4-6,8H,3,7H2,1-2H3,(H,18,19). The van der Waals surface area contributed by atoms with Crippen molar-refractivity contribution in [3.8, 4) is 0 Å². The average molecular weight is 309 g/mol. The number of benzene rings is 1. The number of rotatable bonds is 5. The maximum absolute atomic E-state index is 13.5. The number of hydrogen-bond acceptors (Lipinski definition) is 2. The second-order valence-corrected chi connectivity index (χ2v) is 5.55.